The third kappa shape index (κ3) is 5.86. The van der Waals surface area contributed by atoms with E-state index in [-0.39, 0.29) is 11.6 Å². The Morgan fingerprint density at radius 3 is 1.40 bits per heavy atom. The van der Waals surface area contributed by atoms with Crippen molar-refractivity contribution in [1.82, 2.24) is 19.1 Å². The molecule has 250 valence electrons. The van der Waals surface area contributed by atoms with E-state index in [1.165, 1.54) is 68.1 Å². The number of ketones is 2. The highest BCUT2D eigenvalue weighted by Crippen LogP contribution is 2.38. The van der Waals surface area contributed by atoms with Crippen LogP contribution in [0.4, 0.5) is 0 Å². The summed E-state index contributed by atoms with van der Waals surface area (Å²) in [7, 11) is 0. The molecule has 6 nitrogen and oxygen atoms in total. The molecule has 0 aliphatic heterocycles. The van der Waals surface area contributed by atoms with E-state index in [0.717, 1.165) is 82.1 Å². The number of nitrogens with zero attached hydrogens (tertiary/aromatic N) is 4. The van der Waals surface area contributed by atoms with Gasteiger partial charge in [-0.05, 0) is 63.1 Å². The number of hydrogen-bond acceptors (Lipinski definition) is 6. The molecule has 6 heterocycles. The molecule has 0 N–H and O–H groups in total. The highest BCUT2D eigenvalue weighted by atomic mass is 32.1. The van der Waals surface area contributed by atoms with Gasteiger partial charge in [0.25, 0.3) is 0 Å². The summed E-state index contributed by atoms with van der Waals surface area (Å²) in [5.41, 5.74) is 8.70. The van der Waals surface area contributed by atoms with Gasteiger partial charge in [-0.3, -0.25) is 19.6 Å². The molecule has 8 heteroatoms. The molecule has 0 aliphatic rings. The lowest BCUT2D eigenvalue weighted by atomic mass is 10.1. The molecule has 2 aromatic carbocycles. The summed E-state index contributed by atoms with van der Waals surface area (Å²) < 4.78 is 4.89. The van der Waals surface area contributed by atoms with Crippen LogP contribution in [-0.2, 0) is 13.1 Å². The van der Waals surface area contributed by atoms with Gasteiger partial charge in [0, 0.05) is 79.9 Å². The highest BCUT2D eigenvalue weighted by molar-refractivity contribution is 7.12. The van der Waals surface area contributed by atoms with Crippen molar-refractivity contribution in [3.8, 4) is 22.5 Å². The van der Waals surface area contributed by atoms with Gasteiger partial charge in [-0.1, -0.05) is 62.1 Å². The first-order valence-electron chi connectivity index (χ1n) is 17.4. The molecule has 0 saturated carbocycles. The molecule has 0 spiro atoms. The number of hydrogen-bond donors (Lipinski definition) is 0. The van der Waals surface area contributed by atoms with Crippen molar-refractivity contribution >= 4 is 77.9 Å². The summed E-state index contributed by atoms with van der Waals surface area (Å²) in [5.74, 6) is 0.182. The number of thiophene rings is 2. The molecule has 0 saturated heterocycles. The second-order valence-electron chi connectivity index (χ2n) is 13.1. The molecule has 0 radical (unpaired) electrons. The maximum absolute atomic E-state index is 12.1. The summed E-state index contributed by atoms with van der Waals surface area (Å²) in [6.07, 6.45) is 10.7. The van der Waals surface area contributed by atoms with E-state index in [9.17, 15) is 9.59 Å². The van der Waals surface area contributed by atoms with Crippen molar-refractivity contribution in [3.05, 3.63) is 106 Å². The lowest BCUT2D eigenvalue weighted by Crippen LogP contribution is -2.01. The monoisotopic (exact) mass is 694 g/mol. The van der Waals surface area contributed by atoms with Crippen molar-refractivity contribution in [2.75, 3.05) is 0 Å². The molecule has 8 rings (SSSR count). The van der Waals surface area contributed by atoms with Crippen LogP contribution in [0.2, 0.25) is 0 Å². The number of Topliss-reactive ketones (excluding diaryl/α,β-unsaturated/α-hetero) is 2. The summed E-state index contributed by atoms with van der Waals surface area (Å²) in [5, 5.41) is 9.03. The highest BCUT2D eigenvalue weighted by Gasteiger charge is 2.19. The fraction of sp³-hybridized carbons (Fsp3) is 0.238. The van der Waals surface area contributed by atoms with E-state index < -0.39 is 0 Å². The summed E-state index contributed by atoms with van der Waals surface area (Å²) in [4.78, 5) is 35.3. The van der Waals surface area contributed by atoms with Gasteiger partial charge in [0.15, 0.2) is 11.6 Å². The number of benzene rings is 2. The zero-order valence-electron chi connectivity index (χ0n) is 28.3. The van der Waals surface area contributed by atoms with E-state index in [1.54, 1.807) is 13.8 Å². The number of carbonyl (C=O) groups is 2. The van der Waals surface area contributed by atoms with E-state index >= 15 is 0 Å². The molecule has 0 bridgehead atoms. The van der Waals surface area contributed by atoms with Gasteiger partial charge >= 0.3 is 0 Å². The summed E-state index contributed by atoms with van der Waals surface area (Å²) in [6.45, 7) is 5.10. The molecular weight excluding hydrogens is 657 g/mol. The number of aryl methyl sites for hydroxylation is 2. The second kappa shape index (κ2) is 13.8. The van der Waals surface area contributed by atoms with E-state index in [1.807, 2.05) is 24.5 Å². The number of para-hydroxylation sites is 2. The first kappa shape index (κ1) is 32.3. The molecule has 0 unspecified atom stereocenters. The van der Waals surface area contributed by atoms with Crippen molar-refractivity contribution in [1.29, 1.82) is 0 Å². The van der Waals surface area contributed by atoms with Crippen LogP contribution in [0.15, 0.2) is 96.0 Å². The van der Waals surface area contributed by atoms with Crippen molar-refractivity contribution in [2.45, 2.75) is 65.5 Å². The van der Waals surface area contributed by atoms with Crippen molar-refractivity contribution in [3.63, 3.8) is 0 Å². The number of pyridine rings is 2. The topological polar surface area (TPSA) is 69.8 Å². The predicted octanol–water partition coefficient (Wildman–Crippen LogP) is 11.6. The average molecular weight is 695 g/mol. The Labute approximate surface area is 299 Å². The molecule has 0 amide bonds. The zero-order chi connectivity index (χ0) is 34.2. The molecule has 8 aromatic rings. The smallest absolute Gasteiger partial charge is 0.169 e. The maximum atomic E-state index is 12.1. The van der Waals surface area contributed by atoms with Crippen LogP contribution in [0.25, 0.3) is 66.1 Å². The van der Waals surface area contributed by atoms with Gasteiger partial charge < -0.3 is 9.13 Å². The molecule has 50 heavy (non-hydrogen) atoms. The van der Waals surface area contributed by atoms with Crippen LogP contribution in [-0.4, -0.2) is 30.7 Å². The van der Waals surface area contributed by atoms with Crippen LogP contribution in [0.5, 0.6) is 0 Å². The van der Waals surface area contributed by atoms with Crippen molar-refractivity contribution < 1.29 is 9.59 Å². The third-order valence-corrected chi connectivity index (χ3v) is 11.9. The largest absolute Gasteiger partial charge is 0.339 e. The Bertz CT molecular complexity index is 2360. The minimum atomic E-state index is 0.0911. The predicted molar refractivity (Wildman–Crippen MR) is 209 cm³/mol. The fourth-order valence-corrected chi connectivity index (χ4v) is 9.02. The van der Waals surface area contributed by atoms with Crippen LogP contribution in [0, 0.1) is 0 Å². The minimum absolute atomic E-state index is 0.0911. The first-order chi connectivity index (χ1) is 24.5. The van der Waals surface area contributed by atoms with E-state index in [4.69, 9.17) is 9.97 Å². The Kier molecular flexibility index (Phi) is 8.89. The van der Waals surface area contributed by atoms with Gasteiger partial charge in [0.2, 0.25) is 0 Å². The fourth-order valence-electron chi connectivity index (χ4n) is 7.43. The number of carbonyl (C=O) groups excluding carboxylic acids is 2. The zero-order valence-corrected chi connectivity index (χ0v) is 29.9. The van der Waals surface area contributed by atoms with Crippen molar-refractivity contribution in [2.24, 2.45) is 0 Å². The van der Waals surface area contributed by atoms with Crippen LogP contribution >= 0.6 is 22.7 Å². The summed E-state index contributed by atoms with van der Waals surface area (Å²) >= 11 is 2.98. The Morgan fingerprint density at radius 1 is 0.560 bits per heavy atom. The molecule has 0 aliphatic carbocycles. The minimum Gasteiger partial charge on any atom is -0.339 e. The number of aromatic nitrogens is 4. The lowest BCUT2D eigenvalue weighted by molar-refractivity contribution is 0.101. The maximum Gasteiger partial charge on any atom is 0.169 e. The first-order valence-corrected chi connectivity index (χ1v) is 19.2. The molecule has 0 atom stereocenters. The summed E-state index contributed by atoms with van der Waals surface area (Å²) in [6, 6.07) is 25.5. The molecule has 0 fully saturated rings. The van der Waals surface area contributed by atoms with Gasteiger partial charge in [0.05, 0.1) is 32.2 Å². The number of unbranched alkanes of at least 4 members (excludes halogenated alkanes) is 5. The van der Waals surface area contributed by atoms with Gasteiger partial charge in [-0.2, -0.15) is 0 Å². The molecular formula is C42H38N4O2S2. The Balaban J connectivity index is 0.951. The number of rotatable bonds is 13. The molecule has 6 aromatic heterocycles. The SMILES string of the molecule is CC(=O)c1cc(-c2nccc3c4ccccc4n(CCCCCCCCn4c5ccccc5c5ccnc(-c6csc(C(C)=O)c6)c54)c23)cs1. The standard InChI is InChI=1S/C42H38N4O2S2/c1-27(47)37-23-29(25-49-37)39-41-33(17-19-43-39)31-13-7-9-15-35(31)45(41)21-11-5-3-4-6-12-22-46-36-16-10-8-14-32(36)34-18-20-44-40(42(34)46)30-24-38(28(2)48)50-26-30/h7-10,13-20,23-26H,3-6,11-12,21-22H2,1-2H3. The van der Waals surface area contributed by atoms with E-state index in [0.29, 0.717) is 0 Å². The van der Waals surface area contributed by atoms with Crippen LogP contribution in [0.1, 0.15) is 71.7 Å². The van der Waals surface area contributed by atoms with Gasteiger partial charge in [-0.25, -0.2) is 0 Å². The van der Waals surface area contributed by atoms with Crippen LogP contribution < -0.4 is 0 Å². The van der Waals surface area contributed by atoms with Gasteiger partial charge in [0.1, 0.15) is 0 Å². The third-order valence-electron chi connectivity index (χ3n) is 9.81. The number of fused-ring (bicyclic) bond motifs is 6. The van der Waals surface area contributed by atoms with Gasteiger partial charge in [-0.15, -0.1) is 22.7 Å². The second-order valence-corrected chi connectivity index (χ2v) is 14.9. The lowest BCUT2D eigenvalue weighted by Gasteiger charge is -2.11. The van der Waals surface area contributed by atoms with Crippen LogP contribution in [0.3, 0.4) is 0 Å². The average Bonchev–Trinajstić information content (AvgIpc) is 3.94. The van der Waals surface area contributed by atoms with E-state index in [2.05, 4.69) is 80.6 Å². The Morgan fingerprint density at radius 2 is 0.980 bits per heavy atom. The Hall–Kier alpha value is -4.92. The normalized spacial score (nSPS) is 11.8. The quantitative estimate of drug-likeness (QED) is 0.0890.